The van der Waals surface area contributed by atoms with Crippen molar-refractivity contribution < 1.29 is 22.7 Å². The number of aryl methyl sites for hydroxylation is 1. The molecule has 0 aliphatic heterocycles. The van der Waals surface area contributed by atoms with Crippen molar-refractivity contribution in [3.05, 3.63) is 78.1 Å². The van der Waals surface area contributed by atoms with Gasteiger partial charge in [0.2, 0.25) is 0 Å². The van der Waals surface area contributed by atoms with Gasteiger partial charge in [-0.05, 0) is 41.8 Å². The van der Waals surface area contributed by atoms with Crippen LogP contribution in [0.15, 0.2) is 66.9 Å². The number of nitrogens with two attached hydrogens (primary N) is 1. The SMILES string of the molecule is CCc1nccc2nc(-c3ccc(CN)cc3)c(-c3cccc(OC(=O)C(F)(F)F)c3)cc12. The Bertz CT molecular complexity index is 1320. The van der Waals surface area contributed by atoms with Crippen LogP contribution in [0, 0.1) is 0 Å². The summed E-state index contributed by atoms with van der Waals surface area (Å²) < 4.78 is 42.5. The molecule has 2 aromatic heterocycles. The van der Waals surface area contributed by atoms with E-state index in [1.165, 1.54) is 18.2 Å². The highest BCUT2D eigenvalue weighted by molar-refractivity contribution is 5.93. The molecule has 0 atom stereocenters. The highest BCUT2D eigenvalue weighted by atomic mass is 19.4. The number of alkyl halides is 3. The second kappa shape index (κ2) is 8.99. The Hall–Kier alpha value is -3.78. The number of hydrogen-bond donors (Lipinski definition) is 1. The van der Waals surface area contributed by atoms with Crippen molar-refractivity contribution in [1.29, 1.82) is 0 Å². The molecule has 0 bridgehead atoms. The quantitative estimate of drug-likeness (QED) is 0.322. The van der Waals surface area contributed by atoms with Crippen LogP contribution in [0.25, 0.3) is 33.3 Å². The van der Waals surface area contributed by atoms with E-state index in [2.05, 4.69) is 9.72 Å². The largest absolute Gasteiger partial charge is 0.491 e. The van der Waals surface area contributed by atoms with Gasteiger partial charge in [-0.1, -0.05) is 43.3 Å². The molecule has 0 amide bonds. The molecule has 0 fully saturated rings. The lowest BCUT2D eigenvalue weighted by Gasteiger charge is -2.14. The van der Waals surface area contributed by atoms with E-state index in [0.29, 0.717) is 29.8 Å². The van der Waals surface area contributed by atoms with E-state index in [-0.39, 0.29) is 5.75 Å². The molecule has 0 saturated carbocycles. The van der Waals surface area contributed by atoms with Gasteiger partial charge in [-0.2, -0.15) is 13.2 Å². The zero-order valence-electron chi connectivity index (χ0n) is 17.7. The van der Waals surface area contributed by atoms with Crippen LogP contribution in [-0.2, 0) is 17.8 Å². The van der Waals surface area contributed by atoms with Crippen LogP contribution in [0.3, 0.4) is 0 Å². The number of benzene rings is 2. The van der Waals surface area contributed by atoms with E-state index in [1.807, 2.05) is 43.3 Å². The van der Waals surface area contributed by atoms with Crippen molar-refractivity contribution in [2.75, 3.05) is 0 Å². The number of pyridine rings is 2. The number of carbonyl (C=O) groups is 1. The maximum atomic E-state index is 12.7. The van der Waals surface area contributed by atoms with E-state index >= 15 is 0 Å². The van der Waals surface area contributed by atoms with Gasteiger partial charge in [0.15, 0.2) is 0 Å². The van der Waals surface area contributed by atoms with Gasteiger partial charge >= 0.3 is 12.1 Å². The number of halogens is 3. The lowest BCUT2D eigenvalue weighted by Crippen LogP contribution is -2.27. The second-order valence-corrected chi connectivity index (χ2v) is 7.38. The summed E-state index contributed by atoms with van der Waals surface area (Å²) in [7, 11) is 0. The molecule has 4 rings (SSSR count). The minimum Gasteiger partial charge on any atom is -0.420 e. The number of aromatic nitrogens is 2. The maximum Gasteiger partial charge on any atom is 0.491 e. The van der Waals surface area contributed by atoms with Gasteiger partial charge in [-0.15, -0.1) is 0 Å². The average Bonchev–Trinajstić information content (AvgIpc) is 2.82. The Kier molecular flexibility index (Phi) is 6.11. The summed E-state index contributed by atoms with van der Waals surface area (Å²) in [5, 5.41) is 0.843. The predicted molar refractivity (Wildman–Crippen MR) is 119 cm³/mol. The number of rotatable bonds is 5. The normalized spacial score (nSPS) is 11.5. The third kappa shape index (κ3) is 4.70. The summed E-state index contributed by atoms with van der Waals surface area (Å²) in [6.45, 7) is 2.38. The average molecular weight is 451 g/mol. The monoisotopic (exact) mass is 451 g/mol. The molecule has 0 saturated heterocycles. The Labute approximate surface area is 188 Å². The second-order valence-electron chi connectivity index (χ2n) is 7.38. The molecule has 0 unspecified atom stereocenters. The molecule has 0 aliphatic carbocycles. The number of nitrogens with zero attached hydrogens (tertiary/aromatic N) is 2. The fourth-order valence-corrected chi connectivity index (χ4v) is 3.57. The van der Waals surface area contributed by atoms with Gasteiger partial charge in [-0.3, -0.25) is 4.98 Å². The molecule has 0 radical (unpaired) electrons. The van der Waals surface area contributed by atoms with E-state index in [0.717, 1.165) is 27.7 Å². The topological polar surface area (TPSA) is 78.1 Å². The van der Waals surface area contributed by atoms with Crippen molar-refractivity contribution in [2.24, 2.45) is 5.73 Å². The molecule has 2 aromatic carbocycles. The summed E-state index contributed by atoms with van der Waals surface area (Å²) in [6.07, 6.45) is -2.70. The van der Waals surface area contributed by atoms with Crippen LogP contribution in [0.5, 0.6) is 5.75 Å². The van der Waals surface area contributed by atoms with Crippen molar-refractivity contribution in [3.63, 3.8) is 0 Å². The first-order valence-corrected chi connectivity index (χ1v) is 10.3. The first kappa shape index (κ1) is 22.4. The van der Waals surface area contributed by atoms with Gasteiger partial charge in [0.1, 0.15) is 5.75 Å². The Morgan fingerprint density at radius 3 is 2.45 bits per heavy atom. The molecular formula is C25H20F3N3O2. The van der Waals surface area contributed by atoms with Gasteiger partial charge in [0.05, 0.1) is 11.2 Å². The summed E-state index contributed by atoms with van der Waals surface area (Å²) in [4.78, 5) is 20.6. The van der Waals surface area contributed by atoms with E-state index in [9.17, 15) is 18.0 Å². The molecule has 4 aromatic rings. The summed E-state index contributed by atoms with van der Waals surface area (Å²) in [6, 6.07) is 17.3. The van der Waals surface area contributed by atoms with Crippen LogP contribution < -0.4 is 10.5 Å². The smallest absolute Gasteiger partial charge is 0.420 e. The number of hydrogen-bond acceptors (Lipinski definition) is 5. The van der Waals surface area contributed by atoms with Crippen molar-refractivity contribution in [2.45, 2.75) is 26.1 Å². The first-order valence-electron chi connectivity index (χ1n) is 10.3. The Balaban J connectivity index is 1.89. The lowest BCUT2D eigenvalue weighted by molar-refractivity contribution is -0.189. The molecule has 5 nitrogen and oxygen atoms in total. The molecule has 2 N–H and O–H groups in total. The third-order valence-corrected chi connectivity index (χ3v) is 5.21. The number of ether oxygens (including phenoxy) is 1. The third-order valence-electron chi connectivity index (χ3n) is 5.21. The summed E-state index contributed by atoms with van der Waals surface area (Å²) >= 11 is 0. The number of esters is 1. The fraction of sp³-hybridized carbons (Fsp3) is 0.160. The first-order chi connectivity index (χ1) is 15.8. The lowest BCUT2D eigenvalue weighted by atomic mass is 9.96. The van der Waals surface area contributed by atoms with Crippen LogP contribution in [0.2, 0.25) is 0 Å². The Morgan fingerprint density at radius 1 is 1.03 bits per heavy atom. The minimum absolute atomic E-state index is 0.207. The molecule has 8 heteroatoms. The van der Waals surface area contributed by atoms with Crippen molar-refractivity contribution in [3.8, 4) is 28.1 Å². The van der Waals surface area contributed by atoms with Crippen LogP contribution >= 0.6 is 0 Å². The zero-order chi connectivity index (χ0) is 23.6. The molecule has 33 heavy (non-hydrogen) atoms. The summed E-state index contributed by atoms with van der Waals surface area (Å²) in [5.74, 6) is -2.48. The van der Waals surface area contributed by atoms with Gasteiger partial charge in [0.25, 0.3) is 0 Å². The molecule has 0 aliphatic rings. The van der Waals surface area contributed by atoms with Crippen LogP contribution in [0.4, 0.5) is 13.2 Å². The number of fused-ring (bicyclic) bond motifs is 1. The maximum absolute atomic E-state index is 12.7. The molecular weight excluding hydrogens is 431 g/mol. The number of carbonyl (C=O) groups excluding carboxylic acids is 1. The van der Waals surface area contributed by atoms with E-state index in [4.69, 9.17) is 10.7 Å². The van der Waals surface area contributed by atoms with E-state index < -0.39 is 12.1 Å². The van der Waals surface area contributed by atoms with E-state index in [1.54, 1.807) is 12.3 Å². The van der Waals surface area contributed by atoms with Crippen LogP contribution in [-0.4, -0.2) is 22.1 Å². The highest BCUT2D eigenvalue weighted by Gasteiger charge is 2.41. The predicted octanol–water partition coefficient (Wildman–Crippen LogP) is 5.45. The highest BCUT2D eigenvalue weighted by Crippen LogP contribution is 2.36. The molecule has 168 valence electrons. The van der Waals surface area contributed by atoms with Gasteiger partial charge < -0.3 is 10.5 Å². The molecule has 2 heterocycles. The summed E-state index contributed by atoms with van der Waals surface area (Å²) in [5.41, 5.74) is 11.0. The minimum atomic E-state index is -5.09. The standard InChI is InChI=1S/C25H20F3N3O2/c1-2-21-20-13-19(17-4-3-5-18(12-17)33-24(32)25(26,27)28)23(31-22(20)10-11-30-21)16-8-6-15(14-29)7-9-16/h3-13H,2,14,29H2,1H3. The fourth-order valence-electron chi connectivity index (χ4n) is 3.57. The van der Waals surface area contributed by atoms with Gasteiger partial charge in [-0.25, -0.2) is 9.78 Å². The Morgan fingerprint density at radius 2 is 1.79 bits per heavy atom. The van der Waals surface area contributed by atoms with Crippen molar-refractivity contribution in [1.82, 2.24) is 9.97 Å². The van der Waals surface area contributed by atoms with Crippen LogP contribution in [0.1, 0.15) is 18.2 Å². The van der Waals surface area contributed by atoms with Crippen molar-refractivity contribution >= 4 is 16.9 Å². The zero-order valence-corrected chi connectivity index (χ0v) is 17.7. The van der Waals surface area contributed by atoms with Gasteiger partial charge in [0, 0.05) is 34.9 Å². The molecule has 0 spiro atoms.